The maximum absolute atomic E-state index is 6.04. The number of nitrogen functional groups attached to an aromatic ring is 1. The molecule has 1 atom stereocenters. The number of hydrogen-bond donors (Lipinski definition) is 2. The van der Waals surface area contributed by atoms with Crippen molar-refractivity contribution in [2.24, 2.45) is 0 Å². The number of halogens is 1. The molecule has 0 saturated carbocycles. The van der Waals surface area contributed by atoms with E-state index in [0.717, 1.165) is 47.1 Å². The van der Waals surface area contributed by atoms with Crippen LogP contribution in [0.2, 0.25) is 0 Å². The Hall–Kier alpha value is -1.33. The van der Waals surface area contributed by atoms with Gasteiger partial charge in [0.15, 0.2) is 0 Å². The highest BCUT2D eigenvalue weighted by Gasteiger charge is 2.16. The Kier molecular flexibility index (Phi) is 3.57. The molecule has 2 heterocycles. The molecule has 3 rings (SSSR count). The van der Waals surface area contributed by atoms with Crippen LogP contribution in [0, 0.1) is 0 Å². The molecule has 3 N–H and O–H groups in total. The molecule has 0 bridgehead atoms. The number of rotatable bonds is 3. The van der Waals surface area contributed by atoms with E-state index >= 15 is 0 Å². The molecule has 1 unspecified atom stereocenters. The third kappa shape index (κ3) is 2.67. The molecule has 0 spiro atoms. The molecule has 0 radical (unpaired) electrons. The Labute approximate surface area is 120 Å². The molecule has 1 aliphatic rings. The molecule has 1 fully saturated rings. The van der Waals surface area contributed by atoms with Gasteiger partial charge in [-0.05, 0) is 31.0 Å². The smallest absolute Gasteiger partial charge is 0.0748 e. The molecule has 1 aliphatic heterocycles. The summed E-state index contributed by atoms with van der Waals surface area (Å²) in [7, 11) is 0. The molecule has 100 valence electrons. The highest BCUT2D eigenvalue weighted by atomic mass is 79.9. The fourth-order valence-electron chi connectivity index (χ4n) is 2.40. The average molecular weight is 322 g/mol. The third-order valence-electron chi connectivity index (χ3n) is 3.39. The van der Waals surface area contributed by atoms with Gasteiger partial charge in [0.1, 0.15) is 0 Å². The van der Waals surface area contributed by atoms with Crippen molar-refractivity contribution in [3.63, 3.8) is 0 Å². The summed E-state index contributed by atoms with van der Waals surface area (Å²) >= 11 is 3.49. The number of anilines is 2. The summed E-state index contributed by atoms with van der Waals surface area (Å²) in [6.45, 7) is 1.65. The number of nitrogens with zero attached hydrogens (tertiary/aromatic N) is 1. The van der Waals surface area contributed by atoms with E-state index in [1.165, 1.54) is 0 Å². The van der Waals surface area contributed by atoms with Crippen LogP contribution in [0.25, 0.3) is 10.9 Å². The maximum Gasteiger partial charge on any atom is 0.0748 e. The van der Waals surface area contributed by atoms with Gasteiger partial charge in [-0.15, -0.1) is 0 Å². The summed E-state index contributed by atoms with van der Waals surface area (Å²) in [6, 6.07) is 6.00. The molecular formula is C14H16BrN3O. The lowest BCUT2D eigenvalue weighted by molar-refractivity contribution is 0.120. The fraction of sp³-hybridized carbons (Fsp3) is 0.357. The summed E-state index contributed by atoms with van der Waals surface area (Å²) in [5.74, 6) is 0. The van der Waals surface area contributed by atoms with E-state index in [1.807, 2.05) is 18.2 Å². The van der Waals surface area contributed by atoms with Gasteiger partial charge >= 0.3 is 0 Å². The molecule has 1 saturated heterocycles. The molecule has 0 amide bonds. The number of pyridine rings is 1. The van der Waals surface area contributed by atoms with Gasteiger partial charge < -0.3 is 15.8 Å². The zero-order chi connectivity index (χ0) is 13.2. The van der Waals surface area contributed by atoms with Crippen LogP contribution < -0.4 is 11.1 Å². The van der Waals surface area contributed by atoms with E-state index < -0.39 is 0 Å². The van der Waals surface area contributed by atoms with E-state index in [2.05, 4.69) is 26.2 Å². The zero-order valence-electron chi connectivity index (χ0n) is 10.5. The number of benzene rings is 1. The van der Waals surface area contributed by atoms with Crippen molar-refractivity contribution in [1.29, 1.82) is 0 Å². The van der Waals surface area contributed by atoms with Crippen molar-refractivity contribution in [3.05, 3.63) is 28.9 Å². The van der Waals surface area contributed by atoms with Gasteiger partial charge in [0, 0.05) is 23.0 Å². The average Bonchev–Trinajstić information content (AvgIpc) is 2.91. The second-order valence-electron chi connectivity index (χ2n) is 4.77. The maximum atomic E-state index is 6.04. The molecule has 0 aliphatic carbocycles. The van der Waals surface area contributed by atoms with Crippen LogP contribution in [-0.2, 0) is 4.74 Å². The quantitative estimate of drug-likeness (QED) is 0.911. The minimum absolute atomic E-state index is 0.287. The predicted octanol–water partition coefficient (Wildman–Crippen LogP) is 3.17. The number of ether oxygens (including phenoxy) is 1. The van der Waals surface area contributed by atoms with Gasteiger partial charge in [-0.25, -0.2) is 0 Å². The Morgan fingerprint density at radius 3 is 3.16 bits per heavy atom. The number of hydrogen-bond acceptors (Lipinski definition) is 4. The first-order valence-corrected chi connectivity index (χ1v) is 7.22. The zero-order valence-corrected chi connectivity index (χ0v) is 12.1. The predicted molar refractivity (Wildman–Crippen MR) is 81.3 cm³/mol. The SMILES string of the molecule is Nc1cnc2ccc(Br)cc2c1NCC1CCCO1. The first-order chi connectivity index (χ1) is 9.24. The van der Waals surface area contributed by atoms with Crippen molar-refractivity contribution in [2.45, 2.75) is 18.9 Å². The Bertz CT molecular complexity index is 591. The van der Waals surface area contributed by atoms with Crippen LogP contribution in [0.3, 0.4) is 0 Å². The number of nitrogens with one attached hydrogen (secondary N) is 1. The molecule has 4 nitrogen and oxygen atoms in total. The van der Waals surface area contributed by atoms with Crippen molar-refractivity contribution in [1.82, 2.24) is 4.98 Å². The largest absolute Gasteiger partial charge is 0.396 e. The van der Waals surface area contributed by atoms with Crippen LogP contribution in [0.4, 0.5) is 11.4 Å². The van der Waals surface area contributed by atoms with E-state index in [-0.39, 0.29) is 6.10 Å². The van der Waals surface area contributed by atoms with E-state index in [4.69, 9.17) is 10.5 Å². The molecule has 19 heavy (non-hydrogen) atoms. The highest BCUT2D eigenvalue weighted by molar-refractivity contribution is 9.10. The number of nitrogens with two attached hydrogens (primary N) is 1. The van der Waals surface area contributed by atoms with Crippen molar-refractivity contribution in [3.8, 4) is 0 Å². The second kappa shape index (κ2) is 5.35. The molecule has 1 aromatic carbocycles. The summed E-state index contributed by atoms with van der Waals surface area (Å²) in [6.07, 6.45) is 4.24. The summed E-state index contributed by atoms with van der Waals surface area (Å²) in [4.78, 5) is 4.35. The Morgan fingerprint density at radius 2 is 2.37 bits per heavy atom. The van der Waals surface area contributed by atoms with Crippen LogP contribution in [-0.4, -0.2) is 24.2 Å². The standard InChI is InChI=1S/C14H16BrN3O/c15-9-3-4-13-11(6-9)14(12(16)8-17-13)18-7-10-2-1-5-19-10/h3-4,6,8,10H,1-2,5,7,16H2,(H,17,18). The van der Waals surface area contributed by atoms with Gasteiger partial charge in [0.05, 0.1) is 29.2 Å². The van der Waals surface area contributed by atoms with Gasteiger partial charge in [-0.3, -0.25) is 4.98 Å². The van der Waals surface area contributed by atoms with E-state index in [9.17, 15) is 0 Å². The molecule has 1 aromatic heterocycles. The Morgan fingerprint density at radius 1 is 1.47 bits per heavy atom. The van der Waals surface area contributed by atoms with Gasteiger partial charge in [-0.1, -0.05) is 15.9 Å². The lowest BCUT2D eigenvalue weighted by Crippen LogP contribution is -2.19. The lowest BCUT2D eigenvalue weighted by atomic mass is 10.1. The monoisotopic (exact) mass is 321 g/mol. The van der Waals surface area contributed by atoms with Crippen molar-refractivity contribution in [2.75, 3.05) is 24.2 Å². The molecular weight excluding hydrogens is 306 g/mol. The van der Waals surface area contributed by atoms with Gasteiger partial charge in [0.25, 0.3) is 0 Å². The van der Waals surface area contributed by atoms with Crippen molar-refractivity contribution >= 4 is 38.2 Å². The van der Waals surface area contributed by atoms with Crippen LogP contribution in [0.15, 0.2) is 28.9 Å². The summed E-state index contributed by atoms with van der Waals surface area (Å²) in [5.41, 5.74) is 8.59. The highest BCUT2D eigenvalue weighted by Crippen LogP contribution is 2.30. The van der Waals surface area contributed by atoms with Crippen LogP contribution in [0.1, 0.15) is 12.8 Å². The topological polar surface area (TPSA) is 60.2 Å². The van der Waals surface area contributed by atoms with Crippen LogP contribution >= 0.6 is 15.9 Å². The summed E-state index contributed by atoms with van der Waals surface area (Å²) in [5, 5.41) is 4.45. The third-order valence-corrected chi connectivity index (χ3v) is 3.88. The normalized spacial score (nSPS) is 18.9. The molecule has 5 heteroatoms. The van der Waals surface area contributed by atoms with Crippen molar-refractivity contribution < 1.29 is 4.74 Å². The van der Waals surface area contributed by atoms with Gasteiger partial charge in [-0.2, -0.15) is 0 Å². The van der Waals surface area contributed by atoms with E-state index in [0.29, 0.717) is 5.69 Å². The molecule has 2 aromatic rings. The first-order valence-electron chi connectivity index (χ1n) is 6.43. The van der Waals surface area contributed by atoms with Gasteiger partial charge in [0.2, 0.25) is 0 Å². The minimum atomic E-state index is 0.287. The minimum Gasteiger partial charge on any atom is -0.396 e. The van der Waals surface area contributed by atoms with E-state index in [1.54, 1.807) is 6.20 Å². The summed E-state index contributed by atoms with van der Waals surface area (Å²) < 4.78 is 6.64. The fourth-order valence-corrected chi connectivity index (χ4v) is 2.76. The number of aromatic nitrogens is 1. The van der Waals surface area contributed by atoms with Crippen LogP contribution in [0.5, 0.6) is 0 Å². The second-order valence-corrected chi connectivity index (χ2v) is 5.68. The Balaban J connectivity index is 1.91. The number of fused-ring (bicyclic) bond motifs is 1. The lowest BCUT2D eigenvalue weighted by Gasteiger charge is -2.15. The first kappa shape index (κ1) is 12.7.